The molecular weight excluding hydrogens is 987 g/mol. The largest absolute Gasteiger partial charge is 0.493 e. The normalized spacial score (nSPS) is 13.3. The van der Waals surface area contributed by atoms with Crippen molar-refractivity contribution in [3.63, 3.8) is 0 Å². The number of benzene rings is 2. The molecule has 0 bridgehead atoms. The fourth-order valence-electron chi connectivity index (χ4n) is 9.93. The zero-order valence-corrected chi connectivity index (χ0v) is 55.0. The summed E-state index contributed by atoms with van der Waals surface area (Å²) in [4.78, 5) is 16.4. The third-order valence-electron chi connectivity index (χ3n) is 17.0. The Morgan fingerprint density at radius 3 is 1.19 bits per heavy atom. The number of hydrogen-bond donors (Lipinski definition) is 0. The molecule has 0 saturated carbocycles. The zero-order valence-electron chi connectivity index (χ0n) is 53.0. The maximum Gasteiger partial charge on any atom is 0.338 e. The van der Waals surface area contributed by atoms with Gasteiger partial charge in [0.15, 0.2) is 28.1 Å². The minimum atomic E-state index is -2.08. The molecule has 0 aliphatic heterocycles. The van der Waals surface area contributed by atoms with Crippen LogP contribution in [0.25, 0.3) is 0 Å². The Morgan fingerprint density at radius 1 is 0.506 bits per heavy atom. The summed E-state index contributed by atoms with van der Waals surface area (Å²) in [6, 6.07) is 13.4. The lowest BCUT2D eigenvalue weighted by atomic mass is 10.0. The molecule has 0 spiro atoms. The van der Waals surface area contributed by atoms with E-state index in [1.165, 1.54) is 180 Å². The zero-order chi connectivity index (χ0) is 56.8. The highest BCUT2D eigenvalue weighted by Crippen LogP contribution is 2.41. The van der Waals surface area contributed by atoms with Gasteiger partial charge in [0.2, 0.25) is 5.75 Å². The van der Waals surface area contributed by atoms with Crippen LogP contribution in [0.2, 0.25) is 36.3 Å². The molecule has 77 heavy (non-hydrogen) atoms. The summed E-state index contributed by atoms with van der Waals surface area (Å²) >= 11 is 0. The van der Waals surface area contributed by atoms with Gasteiger partial charge in [-0.15, -0.1) is 0 Å². The monoisotopic (exact) mass is 1110 g/mol. The fraction of sp³-hybridized carbons (Fsp3) is 0.806. The Labute approximate surface area is 478 Å². The van der Waals surface area contributed by atoms with Crippen LogP contribution in [0, 0.1) is 0 Å². The van der Waals surface area contributed by atoms with Gasteiger partial charge < -0.3 is 27.8 Å². The summed E-state index contributed by atoms with van der Waals surface area (Å²) in [6.45, 7) is 31.6. The van der Waals surface area contributed by atoms with E-state index >= 15 is 0 Å². The van der Waals surface area contributed by atoms with Crippen LogP contribution >= 0.6 is 0 Å². The first-order valence-electron chi connectivity index (χ1n) is 32.0. The fourth-order valence-corrected chi connectivity index (χ4v) is 12.7. The summed E-state index contributed by atoms with van der Waals surface area (Å²) in [6.07, 6.45) is 41.2. The summed E-state index contributed by atoms with van der Waals surface area (Å²) < 4.78 is 38.5. The van der Waals surface area contributed by atoms with Crippen LogP contribution in [-0.2, 0) is 20.2 Å². The van der Waals surface area contributed by atoms with Crippen molar-refractivity contribution in [3.8, 4) is 17.2 Å². The van der Waals surface area contributed by atoms with E-state index in [9.17, 15) is 4.79 Å². The van der Waals surface area contributed by atoms with E-state index in [0.29, 0.717) is 42.4 Å². The highest BCUT2D eigenvalue weighted by atomic mass is 28.4. The Morgan fingerprint density at radius 2 is 0.857 bits per heavy atom. The number of esters is 1. The third-order valence-corrected chi connectivity index (χ3v) is 26.1. The molecule has 2 atom stereocenters. The molecule has 10 heteroatoms. The molecule has 2 aromatic carbocycles. The molecule has 0 amide bonds. The van der Waals surface area contributed by atoms with Crippen molar-refractivity contribution in [1.82, 2.24) is 4.90 Å². The molecule has 2 aromatic rings. The number of unbranched alkanes of at least 4 members (excludes halogenated alkanes) is 26. The van der Waals surface area contributed by atoms with Crippen LogP contribution in [0.4, 0.5) is 0 Å². The van der Waals surface area contributed by atoms with E-state index in [1.807, 2.05) is 30.3 Å². The quantitative estimate of drug-likeness (QED) is 0.0369. The van der Waals surface area contributed by atoms with Gasteiger partial charge in [0.05, 0.1) is 38.6 Å². The number of methoxy groups -OCH3 is 2. The lowest BCUT2D eigenvalue weighted by Crippen LogP contribution is -2.50. The number of rotatable bonds is 48. The SMILES string of the molecule is CCCCCCCCCCCCCCCCC(CN(CCCOC(=O)c1cc(OC)c(OCc2ccccc2)c(OC)c1)CC(CCCCCCCCCCCCCCCC)O[Si](C)(C)C(C)(C)C)O[Si](C)(C)C(C)(C)C. The third kappa shape index (κ3) is 31.4. The predicted octanol–water partition coefficient (Wildman–Crippen LogP) is 20.7. The lowest BCUT2D eigenvalue weighted by Gasteiger charge is -2.42. The molecular formula is C67H123NO7Si2. The molecule has 0 saturated heterocycles. The number of carbonyl (C=O) groups excluding carboxylic acids is 1. The minimum absolute atomic E-state index is 0.110. The van der Waals surface area contributed by atoms with E-state index in [1.54, 1.807) is 26.4 Å². The number of hydrogen-bond acceptors (Lipinski definition) is 8. The number of nitrogens with zero attached hydrogens (tertiary/aromatic N) is 1. The molecule has 8 nitrogen and oxygen atoms in total. The van der Waals surface area contributed by atoms with Gasteiger partial charge >= 0.3 is 5.97 Å². The average molecular weight is 1110 g/mol. The van der Waals surface area contributed by atoms with Crippen LogP contribution in [0.5, 0.6) is 17.2 Å². The van der Waals surface area contributed by atoms with E-state index in [-0.39, 0.29) is 22.3 Å². The molecule has 2 unspecified atom stereocenters. The summed E-state index contributed by atoms with van der Waals surface area (Å²) in [5, 5.41) is 0.221. The topological polar surface area (TPSA) is 75.7 Å². The number of ether oxygens (including phenoxy) is 4. The van der Waals surface area contributed by atoms with Gasteiger partial charge in [0.25, 0.3) is 0 Å². The van der Waals surface area contributed by atoms with Crippen molar-refractivity contribution in [2.24, 2.45) is 0 Å². The van der Waals surface area contributed by atoms with Crippen LogP contribution in [0.3, 0.4) is 0 Å². The highest BCUT2D eigenvalue weighted by molar-refractivity contribution is 6.74. The van der Waals surface area contributed by atoms with Crippen molar-refractivity contribution in [2.75, 3.05) is 40.5 Å². The van der Waals surface area contributed by atoms with Crippen LogP contribution < -0.4 is 14.2 Å². The van der Waals surface area contributed by atoms with Gasteiger partial charge in [0, 0.05) is 19.6 Å². The highest BCUT2D eigenvalue weighted by Gasteiger charge is 2.41. The molecule has 2 rings (SSSR count). The van der Waals surface area contributed by atoms with Crippen molar-refractivity contribution in [1.29, 1.82) is 0 Å². The molecule has 0 aromatic heterocycles. The van der Waals surface area contributed by atoms with E-state index in [2.05, 4.69) is 86.5 Å². The summed E-state index contributed by atoms with van der Waals surface area (Å²) in [7, 11) is -1.00. The van der Waals surface area contributed by atoms with Crippen molar-refractivity contribution in [3.05, 3.63) is 53.6 Å². The van der Waals surface area contributed by atoms with E-state index in [0.717, 1.165) is 38.0 Å². The first-order valence-corrected chi connectivity index (χ1v) is 37.8. The second-order valence-corrected chi connectivity index (χ2v) is 35.5. The second-order valence-electron chi connectivity index (χ2n) is 26.0. The molecule has 446 valence electrons. The average Bonchev–Trinajstić information content (AvgIpc) is 3.38. The number of carbonyl (C=O) groups is 1. The summed E-state index contributed by atoms with van der Waals surface area (Å²) in [5.41, 5.74) is 1.39. The van der Waals surface area contributed by atoms with Gasteiger partial charge in [-0.2, -0.15) is 0 Å². The minimum Gasteiger partial charge on any atom is -0.493 e. The molecule has 0 aliphatic carbocycles. The van der Waals surface area contributed by atoms with Crippen LogP contribution in [0.15, 0.2) is 42.5 Å². The van der Waals surface area contributed by atoms with E-state index < -0.39 is 22.6 Å². The second kappa shape index (κ2) is 40.7. The maximum absolute atomic E-state index is 13.8. The van der Waals surface area contributed by atoms with Gasteiger partial charge in [-0.3, -0.25) is 4.90 Å². The van der Waals surface area contributed by atoms with Gasteiger partial charge in [0.1, 0.15) is 6.61 Å². The summed E-state index contributed by atoms with van der Waals surface area (Å²) in [5.74, 6) is 0.905. The Kier molecular flexibility index (Phi) is 37.4. The standard InChI is InChI=1S/C67H123NO7Si2/c1-15-17-19-21-23-25-27-29-31-33-35-37-39-44-49-60(74-76(11,12)66(3,4)5)55-68(51-46-52-72-65(69)59-53-62(70-9)64(63(54-59)71-10)73-57-58-47-42-41-43-48-58)56-61(75-77(13,14)67(6,7)8)50-45-40-38-36-34-32-30-28-26-24-22-20-18-16-2/h41-43,47-48,53-54,60-61H,15-40,44-46,49-52,55-57H2,1-14H3. The van der Waals surface area contributed by atoms with Crippen LogP contribution in [0.1, 0.15) is 270 Å². The smallest absolute Gasteiger partial charge is 0.338 e. The molecule has 0 heterocycles. The van der Waals surface area contributed by atoms with Crippen LogP contribution in [-0.4, -0.2) is 80.2 Å². The predicted molar refractivity (Wildman–Crippen MR) is 336 cm³/mol. The van der Waals surface area contributed by atoms with E-state index in [4.69, 9.17) is 27.8 Å². The van der Waals surface area contributed by atoms with Crippen molar-refractivity contribution in [2.45, 2.75) is 310 Å². The first-order chi connectivity index (χ1) is 36.8. The molecule has 0 N–H and O–H groups in total. The van der Waals surface area contributed by atoms with Gasteiger partial charge in [-0.25, -0.2) is 4.79 Å². The van der Waals surface area contributed by atoms with Gasteiger partial charge in [-0.05, 0) is 73.2 Å². The molecule has 0 aliphatic rings. The van der Waals surface area contributed by atoms with Gasteiger partial charge in [-0.1, -0.05) is 266 Å². The molecule has 0 fully saturated rings. The van der Waals surface area contributed by atoms with Crippen molar-refractivity contribution < 1.29 is 32.6 Å². The Bertz CT molecular complexity index is 1670. The Balaban J connectivity index is 2.23. The molecule has 0 radical (unpaired) electrons. The Hall–Kier alpha value is -2.38. The maximum atomic E-state index is 13.8. The van der Waals surface area contributed by atoms with Crippen molar-refractivity contribution >= 4 is 22.6 Å². The first kappa shape index (κ1) is 70.7. The lowest BCUT2D eigenvalue weighted by molar-refractivity contribution is 0.0433.